The van der Waals surface area contributed by atoms with Crippen LogP contribution >= 0.6 is 0 Å². The first kappa shape index (κ1) is 9.72. The van der Waals surface area contributed by atoms with E-state index in [1.807, 2.05) is 48.5 Å². The van der Waals surface area contributed by atoms with Gasteiger partial charge in [0.2, 0.25) is 0 Å². The van der Waals surface area contributed by atoms with Gasteiger partial charge in [-0.05, 0) is 12.1 Å². The maximum atomic E-state index is 4.39. The first-order valence-electron chi connectivity index (χ1n) is 5.33. The Morgan fingerprint density at radius 3 is 2.47 bits per heavy atom. The van der Waals surface area contributed by atoms with Gasteiger partial charge in [0.15, 0.2) is 5.82 Å². The van der Waals surface area contributed by atoms with E-state index in [1.165, 1.54) is 4.80 Å². The summed E-state index contributed by atoms with van der Waals surface area (Å²) >= 11 is 0. The minimum atomic E-state index is 0.717. The average molecular weight is 222 g/mol. The van der Waals surface area contributed by atoms with Crippen molar-refractivity contribution >= 4 is 0 Å². The molecule has 2 aromatic heterocycles. The number of pyridine rings is 1. The van der Waals surface area contributed by atoms with Crippen molar-refractivity contribution in [2.45, 2.75) is 0 Å². The first-order chi connectivity index (χ1) is 8.43. The molecule has 0 aliphatic carbocycles. The van der Waals surface area contributed by atoms with Gasteiger partial charge in [0.25, 0.3) is 0 Å². The van der Waals surface area contributed by atoms with Crippen LogP contribution < -0.4 is 0 Å². The SMILES string of the molecule is c1ccc(-c2cnn(-c3ccccn3)n2)cc1. The number of rotatable bonds is 2. The van der Waals surface area contributed by atoms with E-state index in [0.717, 1.165) is 17.1 Å². The number of nitrogens with zero attached hydrogens (tertiary/aromatic N) is 4. The summed E-state index contributed by atoms with van der Waals surface area (Å²) in [5, 5.41) is 8.60. The van der Waals surface area contributed by atoms with Gasteiger partial charge in [0.05, 0.1) is 6.20 Å². The fourth-order valence-electron chi connectivity index (χ4n) is 1.59. The summed E-state index contributed by atoms with van der Waals surface area (Å²) in [6.45, 7) is 0. The molecule has 1 aromatic carbocycles. The molecule has 3 aromatic rings. The molecule has 2 heterocycles. The third-order valence-corrected chi connectivity index (χ3v) is 2.42. The van der Waals surface area contributed by atoms with Gasteiger partial charge in [0, 0.05) is 11.8 Å². The highest BCUT2D eigenvalue weighted by atomic mass is 15.5. The van der Waals surface area contributed by atoms with Crippen molar-refractivity contribution in [3.8, 4) is 17.1 Å². The zero-order chi connectivity index (χ0) is 11.5. The van der Waals surface area contributed by atoms with Gasteiger partial charge in [-0.1, -0.05) is 36.4 Å². The fraction of sp³-hybridized carbons (Fsp3) is 0. The topological polar surface area (TPSA) is 43.6 Å². The van der Waals surface area contributed by atoms with Crippen LogP contribution in [0.4, 0.5) is 0 Å². The summed E-state index contributed by atoms with van der Waals surface area (Å²) in [6, 6.07) is 15.6. The van der Waals surface area contributed by atoms with E-state index in [-0.39, 0.29) is 0 Å². The highest BCUT2D eigenvalue weighted by Crippen LogP contribution is 2.15. The van der Waals surface area contributed by atoms with E-state index in [2.05, 4.69) is 15.2 Å². The lowest BCUT2D eigenvalue weighted by Gasteiger charge is -1.96. The lowest BCUT2D eigenvalue weighted by Crippen LogP contribution is -2.00. The molecule has 4 nitrogen and oxygen atoms in total. The maximum Gasteiger partial charge on any atom is 0.174 e. The minimum Gasteiger partial charge on any atom is -0.236 e. The summed E-state index contributed by atoms with van der Waals surface area (Å²) in [5.74, 6) is 0.717. The second-order valence-corrected chi connectivity index (χ2v) is 3.57. The van der Waals surface area contributed by atoms with Crippen LogP contribution in [-0.4, -0.2) is 20.0 Å². The van der Waals surface area contributed by atoms with Gasteiger partial charge in [-0.2, -0.15) is 5.10 Å². The monoisotopic (exact) mass is 222 g/mol. The van der Waals surface area contributed by atoms with E-state index in [9.17, 15) is 0 Å². The van der Waals surface area contributed by atoms with Crippen LogP contribution in [0.25, 0.3) is 17.1 Å². The van der Waals surface area contributed by atoms with Gasteiger partial charge >= 0.3 is 0 Å². The summed E-state index contributed by atoms with van der Waals surface area (Å²) < 4.78 is 0. The van der Waals surface area contributed by atoms with E-state index in [0.29, 0.717) is 0 Å². The molecule has 82 valence electrons. The lowest BCUT2D eigenvalue weighted by atomic mass is 10.2. The van der Waals surface area contributed by atoms with Crippen molar-refractivity contribution in [1.29, 1.82) is 0 Å². The predicted octanol–water partition coefficient (Wildman–Crippen LogP) is 2.33. The van der Waals surface area contributed by atoms with Crippen LogP contribution in [0.3, 0.4) is 0 Å². The van der Waals surface area contributed by atoms with Crippen LogP contribution in [0, 0.1) is 0 Å². The Morgan fingerprint density at radius 2 is 1.71 bits per heavy atom. The quantitative estimate of drug-likeness (QED) is 0.668. The molecule has 0 saturated carbocycles. The molecule has 0 amide bonds. The third kappa shape index (κ3) is 1.92. The third-order valence-electron chi connectivity index (χ3n) is 2.42. The van der Waals surface area contributed by atoms with Gasteiger partial charge in [-0.15, -0.1) is 9.90 Å². The number of hydrogen-bond donors (Lipinski definition) is 0. The molecular formula is C13H10N4. The largest absolute Gasteiger partial charge is 0.236 e. The van der Waals surface area contributed by atoms with Crippen LogP contribution in [-0.2, 0) is 0 Å². The minimum absolute atomic E-state index is 0.717. The lowest BCUT2D eigenvalue weighted by molar-refractivity contribution is 0.731. The van der Waals surface area contributed by atoms with Crippen molar-refractivity contribution in [3.63, 3.8) is 0 Å². The Morgan fingerprint density at radius 1 is 0.882 bits per heavy atom. The summed E-state index contributed by atoms with van der Waals surface area (Å²) in [4.78, 5) is 5.72. The maximum absolute atomic E-state index is 4.39. The molecule has 4 heteroatoms. The van der Waals surface area contributed by atoms with Gasteiger partial charge in [0.1, 0.15) is 5.69 Å². The summed E-state index contributed by atoms with van der Waals surface area (Å²) in [7, 11) is 0. The molecule has 17 heavy (non-hydrogen) atoms. The van der Waals surface area contributed by atoms with E-state index < -0.39 is 0 Å². The highest BCUT2D eigenvalue weighted by molar-refractivity contribution is 5.57. The standard InChI is InChI=1S/C13H10N4/c1-2-6-11(7-3-1)12-10-15-17(16-12)13-8-4-5-9-14-13/h1-10H. The molecule has 0 fully saturated rings. The molecule has 0 aliphatic heterocycles. The number of aromatic nitrogens is 4. The summed E-state index contributed by atoms with van der Waals surface area (Å²) in [6.07, 6.45) is 3.46. The van der Waals surface area contributed by atoms with Crippen LogP contribution in [0.5, 0.6) is 0 Å². The average Bonchev–Trinajstić information content (AvgIpc) is 2.90. The van der Waals surface area contributed by atoms with Crippen LogP contribution in [0.1, 0.15) is 0 Å². The van der Waals surface area contributed by atoms with Crippen LogP contribution in [0.2, 0.25) is 0 Å². The van der Waals surface area contributed by atoms with E-state index in [4.69, 9.17) is 0 Å². The smallest absolute Gasteiger partial charge is 0.174 e. The molecule has 3 rings (SSSR count). The molecule has 0 radical (unpaired) electrons. The molecule has 0 atom stereocenters. The predicted molar refractivity (Wildman–Crippen MR) is 64.6 cm³/mol. The van der Waals surface area contributed by atoms with Crippen molar-refractivity contribution in [2.24, 2.45) is 0 Å². The summed E-state index contributed by atoms with van der Waals surface area (Å²) in [5.41, 5.74) is 1.89. The van der Waals surface area contributed by atoms with Crippen molar-refractivity contribution in [1.82, 2.24) is 20.0 Å². The molecule has 0 N–H and O–H groups in total. The number of benzene rings is 1. The van der Waals surface area contributed by atoms with E-state index >= 15 is 0 Å². The number of hydrogen-bond acceptors (Lipinski definition) is 3. The Labute approximate surface area is 98.6 Å². The van der Waals surface area contributed by atoms with Crippen molar-refractivity contribution in [3.05, 3.63) is 60.9 Å². The zero-order valence-electron chi connectivity index (χ0n) is 9.06. The zero-order valence-corrected chi connectivity index (χ0v) is 9.06. The molecule has 0 saturated heterocycles. The molecule has 0 bridgehead atoms. The van der Waals surface area contributed by atoms with Crippen LogP contribution in [0.15, 0.2) is 60.9 Å². The Bertz CT molecular complexity index is 548. The second-order valence-electron chi connectivity index (χ2n) is 3.57. The van der Waals surface area contributed by atoms with Gasteiger partial charge in [-0.25, -0.2) is 4.98 Å². The molecule has 0 spiro atoms. The fourth-order valence-corrected chi connectivity index (χ4v) is 1.59. The molecule has 0 unspecified atom stereocenters. The Balaban J connectivity index is 1.99. The molecule has 0 aliphatic rings. The Hall–Kier alpha value is -2.49. The highest BCUT2D eigenvalue weighted by Gasteiger charge is 2.04. The normalized spacial score (nSPS) is 10.4. The van der Waals surface area contributed by atoms with E-state index in [1.54, 1.807) is 12.4 Å². The van der Waals surface area contributed by atoms with Gasteiger partial charge < -0.3 is 0 Å². The second kappa shape index (κ2) is 4.17. The Kier molecular flexibility index (Phi) is 2.38. The van der Waals surface area contributed by atoms with Gasteiger partial charge in [-0.3, -0.25) is 0 Å². The van der Waals surface area contributed by atoms with Crippen molar-refractivity contribution in [2.75, 3.05) is 0 Å². The molecular weight excluding hydrogens is 212 g/mol. The van der Waals surface area contributed by atoms with Crippen molar-refractivity contribution < 1.29 is 0 Å². The first-order valence-corrected chi connectivity index (χ1v) is 5.33.